The monoisotopic (exact) mass is 419 g/mol. The normalized spacial score (nSPS) is 17.8. The number of benzene rings is 1. The molecular formula is C18H24Cl2FN3OS. The van der Waals surface area contributed by atoms with Crippen LogP contribution in [0.4, 0.5) is 4.39 Å². The Balaban J connectivity index is 0.00000169. The lowest BCUT2D eigenvalue weighted by atomic mass is 9.96. The fourth-order valence-electron chi connectivity index (χ4n) is 3.20. The van der Waals surface area contributed by atoms with Crippen LogP contribution in [0.5, 0.6) is 0 Å². The highest BCUT2D eigenvalue weighted by atomic mass is 35.5. The Hall–Kier alpha value is -1.21. The summed E-state index contributed by atoms with van der Waals surface area (Å²) in [5.74, 6) is -0.304. The summed E-state index contributed by atoms with van der Waals surface area (Å²) in [6, 6.07) is 6.68. The molecule has 2 aromatic rings. The number of carbonyl (C=O) groups is 1. The second-order valence-electron chi connectivity index (χ2n) is 6.32. The van der Waals surface area contributed by atoms with Crippen molar-refractivity contribution in [3.63, 3.8) is 0 Å². The minimum absolute atomic E-state index is 0. The van der Waals surface area contributed by atoms with Gasteiger partial charge in [0.25, 0.3) is 5.91 Å². The van der Waals surface area contributed by atoms with E-state index in [1.165, 1.54) is 17.4 Å². The zero-order valence-corrected chi connectivity index (χ0v) is 17.0. The smallest absolute Gasteiger partial charge is 0.273 e. The quantitative estimate of drug-likeness (QED) is 0.812. The van der Waals surface area contributed by atoms with Crippen molar-refractivity contribution >= 4 is 42.1 Å². The summed E-state index contributed by atoms with van der Waals surface area (Å²) < 4.78 is 13.8. The van der Waals surface area contributed by atoms with Gasteiger partial charge in [-0.25, -0.2) is 9.37 Å². The number of aromatic nitrogens is 1. The Morgan fingerprint density at radius 1 is 1.38 bits per heavy atom. The number of hydrogen-bond donors (Lipinski definition) is 1. The van der Waals surface area contributed by atoms with Gasteiger partial charge in [0.2, 0.25) is 0 Å². The Bertz CT molecular complexity index is 726. The number of hydrogen-bond acceptors (Lipinski definition) is 4. The zero-order valence-electron chi connectivity index (χ0n) is 14.6. The average Bonchev–Trinajstić information content (AvgIpc) is 3.05. The molecule has 2 atom stereocenters. The van der Waals surface area contributed by atoms with Gasteiger partial charge in [-0.2, -0.15) is 0 Å². The molecule has 1 aromatic heterocycles. The fraction of sp³-hybridized carbons (Fsp3) is 0.444. The van der Waals surface area contributed by atoms with Gasteiger partial charge in [0.1, 0.15) is 11.5 Å². The Labute approximate surface area is 169 Å². The maximum Gasteiger partial charge on any atom is 0.273 e. The summed E-state index contributed by atoms with van der Waals surface area (Å²) >= 11 is 1.40. The van der Waals surface area contributed by atoms with E-state index in [4.69, 9.17) is 5.73 Å². The van der Waals surface area contributed by atoms with Crippen molar-refractivity contribution < 1.29 is 9.18 Å². The fourth-order valence-corrected chi connectivity index (χ4v) is 3.99. The molecule has 1 amide bonds. The maximum atomic E-state index is 13.8. The molecule has 0 radical (unpaired) electrons. The molecule has 2 heterocycles. The molecule has 0 aliphatic carbocycles. The molecule has 3 rings (SSSR count). The molecule has 1 aliphatic heterocycles. The van der Waals surface area contributed by atoms with E-state index in [1.54, 1.807) is 23.6 Å². The summed E-state index contributed by atoms with van der Waals surface area (Å²) in [4.78, 5) is 19.1. The van der Waals surface area contributed by atoms with Gasteiger partial charge in [-0.15, -0.1) is 36.2 Å². The van der Waals surface area contributed by atoms with Crippen LogP contribution in [-0.4, -0.2) is 34.4 Å². The predicted molar refractivity (Wildman–Crippen MR) is 108 cm³/mol. The largest absolute Gasteiger partial charge is 0.333 e. The van der Waals surface area contributed by atoms with Crippen LogP contribution in [0, 0.1) is 5.82 Å². The number of piperidine rings is 1. The van der Waals surface area contributed by atoms with Crippen molar-refractivity contribution in [1.29, 1.82) is 0 Å². The van der Waals surface area contributed by atoms with E-state index in [1.807, 2.05) is 11.8 Å². The van der Waals surface area contributed by atoms with Crippen LogP contribution in [0.15, 0.2) is 29.6 Å². The van der Waals surface area contributed by atoms with Crippen LogP contribution in [-0.2, 0) is 6.42 Å². The summed E-state index contributed by atoms with van der Waals surface area (Å²) in [7, 11) is 0. The molecule has 144 valence electrons. The van der Waals surface area contributed by atoms with Crippen LogP contribution in [0.3, 0.4) is 0 Å². The highest BCUT2D eigenvalue weighted by molar-refractivity contribution is 7.09. The number of carbonyl (C=O) groups excluding carboxylic acids is 1. The molecule has 2 unspecified atom stereocenters. The van der Waals surface area contributed by atoms with Crippen LogP contribution >= 0.6 is 36.2 Å². The van der Waals surface area contributed by atoms with Crippen molar-refractivity contribution in [1.82, 2.24) is 9.88 Å². The van der Waals surface area contributed by atoms with Gasteiger partial charge in [0.15, 0.2) is 0 Å². The second kappa shape index (κ2) is 10.2. The number of nitrogens with zero attached hydrogens (tertiary/aromatic N) is 2. The van der Waals surface area contributed by atoms with Crippen LogP contribution in [0.1, 0.15) is 47.2 Å². The number of halogens is 3. The molecule has 0 bridgehead atoms. The molecule has 8 heteroatoms. The molecule has 26 heavy (non-hydrogen) atoms. The average molecular weight is 420 g/mol. The van der Waals surface area contributed by atoms with E-state index in [-0.39, 0.29) is 48.6 Å². The van der Waals surface area contributed by atoms with Gasteiger partial charge in [0.05, 0.1) is 5.01 Å². The van der Waals surface area contributed by atoms with Crippen molar-refractivity contribution in [3.05, 3.63) is 51.7 Å². The van der Waals surface area contributed by atoms with E-state index < -0.39 is 0 Å². The third kappa shape index (κ3) is 5.16. The van der Waals surface area contributed by atoms with Crippen LogP contribution < -0.4 is 5.73 Å². The summed E-state index contributed by atoms with van der Waals surface area (Å²) in [5, 5.41) is 2.52. The van der Waals surface area contributed by atoms with E-state index in [0.717, 1.165) is 30.8 Å². The summed E-state index contributed by atoms with van der Waals surface area (Å²) in [5.41, 5.74) is 7.08. The van der Waals surface area contributed by atoms with Gasteiger partial charge >= 0.3 is 0 Å². The molecule has 0 spiro atoms. The first kappa shape index (κ1) is 22.8. The molecule has 1 aromatic carbocycles. The van der Waals surface area contributed by atoms with E-state index in [0.29, 0.717) is 17.7 Å². The first-order valence-corrected chi connectivity index (χ1v) is 9.18. The van der Waals surface area contributed by atoms with Gasteiger partial charge in [0, 0.05) is 30.4 Å². The van der Waals surface area contributed by atoms with Gasteiger partial charge in [-0.3, -0.25) is 4.79 Å². The lowest BCUT2D eigenvalue weighted by molar-refractivity contribution is 0.0578. The SMILES string of the molecule is CC(N)C1CCCCN1C(=O)c1csc(Cc2ccccc2F)n1.Cl.Cl. The number of rotatable bonds is 4. The molecule has 1 aliphatic rings. The number of amides is 1. The van der Waals surface area contributed by atoms with Crippen molar-refractivity contribution in [2.24, 2.45) is 5.73 Å². The Morgan fingerprint density at radius 2 is 2.12 bits per heavy atom. The number of thiazole rings is 1. The van der Waals surface area contributed by atoms with Crippen molar-refractivity contribution in [2.75, 3.05) is 6.54 Å². The Kier molecular flexibility index (Phi) is 8.96. The van der Waals surface area contributed by atoms with Crippen LogP contribution in [0.25, 0.3) is 0 Å². The highest BCUT2D eigenvalue weighted by Crippen LogP contribution is 2.23. The van der Waals surface area contributed by atoms with Gasteiger partial charge in [-0.05, 0) is 37.8 Å². The molecule has 4 nitrogen and oxygen atoms in total. The summed E-state index contributed by atoms with van der Waals surface area (Å²) in [6.07, 6.45) is 3.45. The minimum Gasteiger partial charge on any atom is -0.333 e. The van der Waals surface area contributed by atoms with Gasteiger partial charge in [-0.1, -0.05) is 18.2 Å². The summed E-state index contributed by atoms with van der Waals surface area (Å²) in [6.45, 7) is 2.67. The molecular weight excluding hydrogens is 396 g/mol. The van der Waals surface area contributed by atoms with Crippen molar-refractivity contribution in [2.45, 2.75) is 44.7 Å². The minimum atomic E-state index is -0.242. The first-order chi connectivity index (χ1) is 11.6. The Morgan fingerprint density at radius 3 is 2.81 bits per heavy atom. The standard InChI is InChI=1S/C18H22FN3OS.2ClH/c1-12(20)16-8-4-5-9-22(16)18(23)15-11-24-17(21-15)10-13-6-2-3-7-14(13)19;;/h2-3,6-7,11-12,16H,4-5,8-10,20H2,1H3;2*1H. The van der Waals surface area contributed by atoms with Crippen molar-refractivity contribution in [3.8, 4) is 0 Å². The zero-order chi connectivity index (χ0) is 17.1. The van der Waals surface area contributed by atoms with Crippen LogP contribution in [0.2, 0.25) is 0 Å². The molecule has 0 saturated carbocycles. The molecule has 2 N–H and O–H groups in total. The number of likely N-dealkylation sites (tertiary alicyclic amines) is 1. The van der Waals surface area contributed by atoms with E-state index in [9.17, 15) is 9.18 Å². The van der Waals surface area contributed by atoms with Gasteiger partial charge < -0.3 is 10.6 Å². The highest BCUT2D eigenvalue weighted by Gasteiger charge is 2.30. The first-order valence-electron chi connectivity index (χ1n) is 8.30. The maximum absolute atomic E-state index is 13.8. The topological polar surface area (TPSA) is 59.2 Å². The molecule has 1 saturated heterocycles. The lowest BCUT2D eigenvalue weighted by Gasteiger charge is -2.37. The third-order valence-corrected chi connectivity index (χ3v) is 5.34. The lowest BCUT2D eigenvalue weighted by Crippen LogP contribution is -2.51. The predicted octanol–water partition coefficient (Wildman–Crippen LogP) is 4.06. The number of nitrogens with two attached hydrogens (primary N) is 1. The van der Waals surface area contributed by atoms with E-state index >= 15 is 0 Å². The third-order valence-electron chi connectivity index (χ3n) is 4.49. The second-order valence-corrected chi connectivity index (χ2v) is 7.26. The molecule has 1 fully saturated rings. The van der Waals surface area contributed by atoms with E-state index in [2.05, 4.69) is 4.98 Å².